The summed E-state index contributed by atoms with van der Waals surface area (Å²) >= 11 is 0. The van der Waals surface area contributed by atoms with Crippen LogP contribution in [0, 0.1) is 19.7 Å². The lowest BCUT2D eigenvalue weighted by Crippen LogP contribution is -2.28. The monoisotopic (exact) mass is 458 g/mol. The van der Waals surface area contributed by atoms with Gasteiger partial charge in [0.1, 0.15) is 5.69 Å². The van der Waals surface area contributed by atoms with E-state index in [1.54, 1.807) is 0 Å². The number of aromatic nitrogens is 6. The van der Waals surface area contributed by atoms with Gasteiger partial charge in [-0.05, 0) is 43.7 Å². The number of anilines is 1. The summed E-state index contributed by atoms with van der Waals surface area (Å²) in [6, 6.07) is 15.9. The second-order valence-corrected chi connectivity index (χ2v) is 8.02. The first-order valence-corrected chi connectivity index (χ1v) is 10.5. The number of nitrogens with zero attached hydrogens (tertiary/aromatic N) is 4. The van der Waals surface area contributed by atoms with Crippen molar-refractivity contribution in [3.05, 3.63) is 98.3 Å². The Labute approximate surface area is 192 Å². The minimum Gasteiger partial charge on any atom is -0.322 e. The quantitative estimate of drug-likeness (QED) is 0.427. The number of aryl methyl sites for hydroxylation is 2. The molecule has 0 atom stereocenters. The molecule has 10 heteroatoms. The molecule has 0 radical (unpaired) electrons. The molecule has 4 aromatic heterocycles. The van der Waals surface area contributed by atoms with Crippen LogP contribution >= 0.6 is 0 Å². The van der Waals surface area contributed by atoms with Crippen molar-refractivity contribution in [2.75, 3.05) is 5.73 Å². The second-order valence-electron chi connectivity index (χ2n) is 8.02. The van der Waals surface area contributed by atoms with Crippen molar-refractivity contribution >= 4 is 11.6 Å². The summed E-state index contributed by atoms with van der Waals surface area (Å²) in [4.78, 5) is 35.0. The Morgan fingerprint density at radius 3 is 2.41 bits per heavy atom. The SMILES string of the molecule is Cc1cc(-c2c(-c3ccccc3)[nH+]c(N)n3c(=O)n(Cc4ccc(F)c(=O)[nH]4)nc23)cc(C)n1. The van der Waals surface area contributed by atoms with E-state index in [-0.39, 0.29) is 12.5 Å². The van der Waals surface area contributed by atoms with Gasteiger partial charge in [0, 0.05) is 22.6 Å². The van der Waals surface area contributed by atoms with Crippen LogP contribution in [0.2, 0.25) is 0 Å². The molecule has 1 aromatic carbocycles. The van der Waals surface area contributed by atoms with Gasteiger partial charge in [-0.3, -0.25) is 15.5 Å². The third-order valence-corrected chi connectivity index (χ3v) is 5.48. The smallest absolute Gasteiger partial charge is 0.322 e. The minimum atomic E-state index is -0.900. The molecule has 5 aromatic rings. The molecule has 0 aliphatic rings. The van der Waals surface area contributed by atoms with Gasteiger partial charge in [-0.1, -0.05) is 30.3 Å². The van der Waals surface area contributed by atoms with Crippen molar-refractivity contribution in [1.29, 1.82) is 0 Å². The second kappa shape index (κ2) is 8.07. The van der Waals surface area contributed by atoms with Crippen molar-refractivity contribution in [3.63, 3.8) is 0 Å². The van der Waals surface area contributed by atoms with E-state index in [0.717, 1.165) is 28.6 Å². The number of halogens is 1. The highest BCUT2D eigenvalue weighted by molar-refractivity contribution is 5.88. The number of hydrogen-bond acceptors (Lipinski definition) is 5. The maximum Gasteiger partial charge on any atom is 0.411 e. The number of pyridine rings is 2. The summed E-state index contributed by atoms with van der Waals surface area (Å²) in [7, 11) is 0. The molecule has 9 nitrogen and oxygen atoms in total. The number of nitrogens with two attached hydrogens (primary N) is 1. The van der Waals surface area contributed by atoms with E-state index in [0.29, 0.717) is 22.6 Å². The van der Waals surface area contributed by atoms with Crippen LogP contribution < -0.4 is 22.0 Å². The summed E-state index contributed by atoms with van der Waals surface area (Å²) < 4.78 is 15.9. The van der Waals surface area contributed by atoms with Crippen LogP contribution in [0.4, 0.5) is 10.3 Å². The highest BCUT2D eigenvalue weighted by Crippen LogP contribution is 2.32. The van der Waals surface area contributed by atoms with Gasteiger partial charge in [-0.15, -0.1) is 9.50 Å². The minimum absolute atomic E-state index is 0.0655. The van der Waals surface area contributed by atoms with E-state index in [9.17, 15) is 14.0 Å². The normalized spacial score (nSPS) is 11.3. The Balaban J connectivity index is 1.81. The first-order chi connectivity index (χ1) is 16.3. The molecule has 0 spiro atoms. The van der Waals surface area contributed by atoms with Crippen LogP contribution in [0.15, 0.2) is 64.2 Å². The molecule has 0 bridgehead atoms. The lowest BCUT2D eigenvalue weighted by Gasteiger charge is -2.10. The lowest BCUT2D eigenvalue weighted by molar-refractivity contribution is -0.351. The number of benzene rings is 1. The third-order valence-electron chi connectivity index (χ3n) is 5.48. The van der Waals surface area contributed by atoms with Crippen LogP contribution in [-0.4, -0.2) is 24.1 Å². The fraction of sp³-hybridized carbons (Fsp3) is 0.125. The Hall–Kier alpha value is -4.60. The molecular weight excluding hydrogens is 437 g/mol. The average Bonchev–Trinajstić information content (AvgIpc) is 3.12. The molecule has 0 unspecified atom stereocenters. The van der Waals surface area contributed by atoms with Gasteiger partial charge < -0.3 is 4.98 Å². The third kappa shape index (κ3) is 3.64. The fourth-order valence-electron chi connectivity index (χ4n) is 4.07. The summed E-state index contributed by atoms with van der Waals surface area (Å²) in [5, 5.41) is 4.57. The average molecular weight is 458 g/mol. The van der Waals surface area contributed by atoms with E-state index < -0.39 is 17.1 Å². The molecule has 5 rings (SSSR count). The maximum atomic E-state index is 13.4. The zero-order valence-electron chi connectivity index (χ0n) is 18.5. The van der Waals surface area contributed by atoms with E-state index in [2.05, 4.69) is 20.1 Å². The van der Waals surface area contributed by atoms with Gasteiger partial charge in [0.15, 0.2) is 5.82 Å². The number of H-pyrrole nitrogens is 2. The molecule has 170 valence electrons. The zero-order valence-corrected chi connectivity index (χ0v) is 18.5. The number of hydrogen-bond donors (Lipinski definition) is 2. The van der Waals surface area contributed by atoms with Crippen LogP contribution in [0.25, 0.3) is 28.0 Å². The van der Waals surface area contributed by atoms with Crippen LogP contribution in [0.5, 0.6) is 0 Å². The number of nitrogens with one attached hydrogen (secondary N) is 2. The molecule has 0 aliphatic heterocycles. The molecule has 4 heterocycles. The van der Waals surface area contributed by atoms with E-state index in [1.165, 1.54) is 15.1 Å². The van der Waals surface area contributed by atoms with E-state index in [4.69, 9.17) is 5.73 Å². The van der Waals surface area contributed by atoms with Crippen molar-refractivity contribution in [1.82, 2.24) is 24.1 Å². The maximum absolute atomic E-state index is 13.4. The number of nitrogen functional groups attached to an aromatic ring is 1. The van der Waals surface area contributed by atoms with Gasteiger partial charge in [0.05, 0.1) is 12.1 Å². The predicted molar refractivity (Wildman–Crippen MR) is 125 cm³/mol. The molecule has 34 heavy (non-hydrogen) atoms. The van der Waals surface area contributed by atoms with Gasteiger partial charge in [0.25, 0.3) is 5.56 Å². The molecule has 0 saturated carbocycles. The molecule has 0 amide bonds. The first kappa shape index (κ1) is 21.3. The number of fused-ring (bicyclic) bond motifs is 1. The van der Waals surface area contributed by atoms with Gasteiger partial charge in [-0.25, -0.2) is 14.2 Å². The van der Waals surface area contributed by atoms with Gasteiger partial charge >= 0.3 is 11.6 Å². The van der Waals surface area contributed by atoms with Crippen molar-refractivity contribution in [2.24, 2.45) is 0 Å². The molecule has 0 saturated heterocycles. The highest BCUT2D eigenvalue weighted by atomic mass is 19.1. The zero-order chi connectivity index (χ0) is 24.0. The Morgan fingerprint density at radius 2 is 1.74 bits per heavy atom. The van der Waals surface area contributed by atoms with Crippen LogP contribution in [0.3, 0.4) is 0 Å². The summed E-state index contributed by atoms with van der Waals surface area (Å²) in [5.41, 5.74) is 10.3. The van der Waals surface area contributed by atoms with E-state index >= 15 is 0 Å². The summed E-state index contributed by atoms with van der Waals surface area (Å²) in [6.45, 7) is 3.73. The summed E-state index contributed by atoms with van der Waals surface area (Å²) in [5.74, 6) is -0.799. The predicted octanol–water partition coefficient (Wildman–Crippen LogP) is 2.11. The Morgan fingerprint density at radius 1 is 1.03 bits per heavy atom. The standard InChI is InChI=1S/C24H20FN7O2/c1-13-10-16(11-14(2)27-13)19-20(15-6-4-3-5-7-15)29-23(26)32-21(19)30-31(24(32)34)12-17-8-9-18(25)22(33)28-17/h3-11H,12H2,1-2H3,(H2,26,29)(H,28,33)/p+1. The van der Waals surface area contributed by atoms with E-state index in [1.807, 2.05) is 56.3 Å². The molecule has 0 fully saturated rings. The lowest BCUT2D eigenvalue weighted by atomic mass is 9.99. The fourth-order valence-corrected chi connectivity index (χ4v) is 4.07. The van der Waals surface area contributed by atoms with Gasteiger partial charge in [-0.2, -0.15) is 4.68 Å². The van der Waals surface area contributed by atoms with Crippen LogP contribution in [-0.2, 0) is 6.54 Å². The molecule has 0 aliphatic carbocycles. The number of aromatic amines is 2. The summed E-state index contributed by atoms with van der Waals surface area (Å²) in [6.07, 6.45) is 0. The number of rotatable bonds is 4. The Bertz CT molecular complexity index is 1650. The topological polar surface area (TPSA) is 125 Å². The molecular formula is C24H21FN7O2+. The molecule has 4 N–H and O–H groups in total. The largest absolute Gasteiger partial charge is 0.411 e. The van der Waals surface area contributed by atoms with Gasteiger partial charge in [0.2, 0.25) is 5.65 Å². The first-order valence-electron chi connectivity index (χ1n) is 10.5. The van der Waals surface area contributed by atoms with Crippen molar-refractivity contribution in [2.45, 2.75) is 20.4 Å². The Kier molecular flexibility index (Phi) is 5.05. The highest BCUT2D eigenvalue weighted by Gasteiger charge is 2.26. The van der Waals surface area contributed by atoms with Crippen molar-refractivity contribution in [3.8, 4) is 22.4 Å². The van der Waals surface area contributed by atoms with Crippen molar-refractivity contribution < 1.29 is 9.37 Å². The van der Waals surface area contributed by atoms with Crippen LogP contribution in [0.1, 0.15) is 17.1 Å².